The molecule has 0 radical (unpaired) electrons. The fourth-order valence-corrected chi connectivity index (χ4v) is 2.61. The highest BCUT2D eigenvalue weighted by Crippen LogP contribution is 2.26. The maximum atomic E-state index is 12.7. The van der Waals surface area contributed by atoms with E-state index < -0.39 is 11.6 Å². The first-order chi connectivity index (χ1) is 12.9. The summed E-state index contributed by atoms with van der Waals surface area (Å²) < 4.78 is 16.0. The first kappa shape index (κ1) is 23.0. The molecule has 0 aliphatic rings. The molecule has 0 heterocycles. The van der Waals surface area contributed by atoms with E-state index in [1.165, 1.54) is 14.2 Å². The molecular weight excluding hydrogens is 346 g/mol. The van der Waals surface area contributed by atoms with Crippen molar-refractivity contribution >= 4 is 17.6 Å². The van der Waals surface area contributed by atoms with Crippen LogP contribution in [0.2, 0.25) is 0 Å². The molecule has 0 saturated heterocycles. The standard InChI is InChI=1S/C21H33NO5/c1-6-8-10-13-21(3,26-5)20(24)22-16-11-12-18(27-14-9-7-2)17(15-16)19(23)25-4/h11-12,15H,6-10,13-14H2,1-5H3,(H,22,24). The van der Waals surface area contributed by atoms with Crippen molar-refractivity contribution < 1.29 is 23.8 Å². The minimum atomic E-state index is -0.920. The molecule has 0 bridgehead atoms. The van der Waals surface area contributed by atoms with Gasteiger partial charge in [-0.05, 0) is 38.0 Å². The molecule has 1 atom stereocenters. The molecule has 0 aliphatic carbocycles. The van der Waals surface area contributed by atoms with Gasteiger partial charge in [0.05, 0.1) is 13.7 Å². The third-order valence-corrected chi connectivity index (χ3v) is 4.59. The van der Waals surface area contributed by atoms with Crippen LogP contribution in [-0.4, -0.2) is 38.3 Å². The second-order valence-electron chi connectivity index (χ2n) is 6.75. The summed E-state index contributed by atoms with van der Waals surface area (Å²) in [6, 6.07) is 4.97. The summed E-state index contributed by atoms with van der Waals surface area (Å²) in [5.41, 5.74) is -0.129. The molecule has 0 saturated carbocycles. The number of carbonyl (C=O) groups is 2. The predicted octanol–water partition coefficient (Wildman–Crippen LogP) is 4.58. The van der Waals surface area contributed by atoms with Gasteiger partial charge in [0.15, 0.2) is 0 Å². The fourth-order valence-electron chi connectivity index (χ4n) is 2.61. The molecule has 0 fully saturated rings. The molecule has 6 heteroatoms. The maximum absolute atomic E-state index is 12.7. The normalized spacial score (nSPS) is 12.9. The zero-order valence-corrected chi connectivity index (χ0v) is 17.2. The summed E-state index contributed by atoms with van der Waals surface area (Å²) >= 11 is 0. The van der Waals surface area contributed by atoms with E-state index in [2.05, 4.69) is 19.2 Å². The van der Waals surface area contributed by atoms with Crippen molar-refractivity contribution in [3.05, 3.63) is 23.8 Å². The van der Waals surface area contributed by atoms with E-state index >= 15 is 0 Å². The van der Waals surface area contributed by atoms with Crippen molar-refractivity contribution in [2.75, 3.05) is 26.1 Å². The Morgan fingerprint density at radius 3 is 2.37 bits per heavy atom. The van der Waals surface area contributed by atoms with Gasteiger partial charge in [0.2, 0.25) is 0 Å². The van der Waals surface area contributed by atoms with E-state index in [4.69, 9.17) is 14.2 Å². The van der Waals surface area contributed by atoms with E-state index in [-0.39, 0.29) is 11.5 Å². The summed E-state index contributed by atoms with van der Waals surface area (Å²) in [5.74, 6) is -0.294. The minimum Gasteiger partial charge on any atom is -0.493 e. The van der Waals surface area contributed by atoms with E-state index in [9.17, 15) is 9.59 Å². The highest BCUT2D eigenvalue weighted by atomic mass is 16.5. The number of methoxy groups -OCH3 is 2. The lowest BCUT2D eigenvalue weighted by molar-refractivity contribution is -0.136. The molecule has 0 aromatic heterocycles. The van der Waals surface area contributed by atoms with Crippen LogP contribution in [0.3, 0.4) is 0 Å². The Kier molecular flexibility index (Phi) is 9.86. The minimum absolute atomic E-state index is 0.239. The van der Waals surface area contributed by atoms with E-state index in [0.717, 1.165) is 32.1 Å². The van der Waals surface area contributed by atoms with Gasteiger partial charge in [-0.3, -0.25) is 4.79 Å². The number of hydrogen-bond acceptors (Lipinski definition) is 5. The van der Waals surface area contributed by atoms with Crippen LogP contribution in [0.25, 0.3) is 0 Å². The molecule has 1 rings (SSSR count). The van der Waals surface area contributed by atoms with Crippen LogP contribution >= 0.6 is 0 Å². The van der Waals surface area contributed by atoms with E-state index in [1.54, 1.807) is 25.1 Å². The molecule has 1 aromatic carbocycles. The number of amides is 1. The van der Waals surface area contributed by atoms with Gasteiger partial charge < -0.3 is 19.5 Å². The molecule has 152 valence electrons. The van der Waals surface area contributed by atoms with Gasteiger partial charge >= 0.3 is 5.97 Å². The molecule has 1 N–H and O–H groups in total. The number of anilines is 1. The number of rotatable bonds is 12. The Labute approximate surface area is 162 Å². The number of unbranched alkanes of at least 4 members (excludes halogenated alkanes) is 3. The van der Waals surface area contributed by atoms with Crippen LogP contribution in [0.4, 0.5) is 5.69 Å². The average molecular weight is 379 g/mol. The third kappa shape index (κ3) is 6.86. The molecule has 6 nitrogen and oxygen atoms in total. The van der Waals surface area contributed by atoms with E-state index in [0.29, 0.717) is 24.5 Å². The van der Waals surface area contributed by atoms with Gasteiger partial charge in [0.25, 0.3) is 5.91 Å². The zero-order chi connectivity index (χ0) is 20.3. The van der Waals surface area contributed by atoms with Crippen molar-refractivity contribution in [1.82, 2.24) is 0 Å². The van der Waals surface area contributed by atoms with Crippen LogP contribution < -0.4 is 10.1 Å². The Balaban J connectivity index is 2.95. The number of benzene rings is 1. The van der Waals surface area contributed by atoms with Crippen molar-refractivity contribution in [3.63, 3.8) is 0 Å². The van der Waals surface area contributed by atoms with Crippen LogP contribution in [-0.2, 0) is 14.3 Å². The predicted molar refractivity (Wildman–Crippen MR) is 106 cm³/mol. The van der Waals surface area contributed by atoms with Crippen molar-refractivity contribution in [1.29, 1.82) is 0 Å². The lowest BCUT2D eigenvalue weighted by Crippen LogP contribution is -2.42. The summed E-state index contributed by atoms with van der Waals surface area (Å²) in [5, 5.41) is 2.85. The topological polar surface area (TPSA) is 73.9 Å². The van der Waals surface area contributed by atoms with E-state index in [1.807, 2.05) is 0 Å². The Hall–Kier alpha value is -2.08. The van der Waals surface area contributed by atoms with Crippen LogP contribution in [0.1, 0.15) is 69.7 Å². The van der Waals surface area contributed by atoms with Crippen molar-refractivity contribution in [2.24, 2.45) is 0 Å². The molecule has 1 unspecified atom stereocenters. The second kappa shape index (κ2) is 11.6. The lowest BCUT2D eigenvalue weighted by Gasteiger charge is -2.27. The first-order valence-electron chi connectivity index (χ1n) is 9.63. The smallest absolute Gasteiger partial charge is 0.341 e. The summed E-state index contributed by atoms with van der Waals surface area (Å²) in [6.45, 7) is 6.48. The Morgan fingerprint density at radius 2 is 1.78 bits per heavy atom. The molecule has 0 spiro atoms. The molecule has 1 aromatic rings. The third-order valence-electron chi connectivity index (χ3n) is 4.59. The van der Waals surface area contributed by atoms with Gasteiger partial charge in [-0.2, -0.15) is 0 Å². The van der Waals surface area contributed by atoms with Crippen LogP contribution in [0.15, 0.2) is 18.2 Å². The summed E-state index contributed by atoms with van der Waals surface area (Å²) in [6.07, 6.45) is 5.54. The summed E-state index contributed by atoms with van der Waals surface area (Å²) in [4.78, 5) is 24.8. The van der Waals surface area contributed by atoms with Gasteiger partial charge in [-0.1, -0.05) is 39.5 Å². The quantitative estimate of drug-likeness (QED) is 0.425. The molecule has 1 amide bonds. The maximum Gasteiger partial charge on any atom is 0.341 e. The van der Waals surface area contributed by atoms with Gasteiger partial charge in [0, 0.05) is 12.8 Å². The number of esters is 1. The van der Waals surface area contributed by atoms with Gasteiger partial charge in [-0.15, -0.1) is 0 Å². The van der Waals surface area contributed by atoms with Crippen LogP contribution in [0.5, 0.6) is 5.75 Å². The lowest BCUT2D eigenvalue weighted by atomic mass is 9.96. The number of ether oxygens (including phenoxy) is 3. The Bertz CT molecular complexity index is 617. The van der Waals surface area contributed by atoms with Gasteiger partial charge in [-0.25, -0.2) is 4.79 Å². The molecule has 0 aliphatic heterocycles. The average Bonchev–Trinajstić information content (AvgIpc) is 2.68. The number of carbonyl (C=O) groups excluding carboxylic acids is 2. The highest BCUT2D eigenvalue weighted by Gasteiger charge is 2.32. The van der Waals surface area contributed by atoms with Crippen molar-refractivity contribution in [2.45, 2.75) is 64.9 Å². The Morgan fingerprint density at radius 1 is 1.07 bits per heavy atom. The second-order valence-corrected chi connectivity index (χ2v) is 6.75. The SMILES string of the molecule is CCCCCC(C)(OC)C(=O)Nc1ccc(OCCCC)c(C(=O)OC)c1. The van der Waals surface area contributed by atoms with Crippen molar-refractivity contribution in [3.8, 4) is 5.75 Å². The highest BCUT2D eigenvalue weighted by molar-refractivity contribution is 5.99. The number of nitrogens with one attached hydrogen (secondary N) is 1. The fraction of sp³-hybridized carbons (Fsp3) is 0.619. The molecule has 27 heavy (non-hydrogen) atoms. The molecular formula is C21H33NO5. The largest absolute Gasteiger partial charge is 0.493 e. The zero-order valence-electron chi connectivity index (χ0n) is 17.2. The first-order valence-corrected chi connectivity index (χ1v) is 9.63. The number of hydrogen-bond donors (Lipinski definition) is 1. The summed E-state index contributed by atoms with van der Waals surface area (Å²) in [7, 11) is 2.86. The van der Waals surface area contributed by atoms with Crippen LogP contribution in [0, 0.1) is 0 Å². The monoisotopic (exact) mass is 379 g/mol. The van der Waals surface area contributed by atoms with Gasteiger partial charge in [0.1, 0.15) is 16.9 Å².